The molecule has 0 spiro atoms. The molecule has 0 fully saturated rings. The number of aliphatic imine (C=N–C) groups is 1. The Balaban J connectivity index is 3.02. The van der Waals surface area contributed by atoms with E-state index in [1.807, 2.05) is 5.48 Å². The van der Waals surface area contributed by atoms with E-state index in [-0.39, 0.29) is 11.4 Å². The van der Waals surface area contributed by atoms with Gasteiger partial charge in [0.05, 0.1) is 17.2 Å². The van der Waals surface area contributed by atoms with Gasteiger partial charge in [-0.2, -0.15) is 5.48 Å². The fourth-order valence-corrected chi connectivity index (χ4v) is 1.30. The van der Waals surface area contributed by atoms with Gasteiger partial charge >= 0.3 is 0 Å². The van der Waals surface area contributed by atoms with Gasteiger partial charge < -0.3 is 16.7 Å². The van der Waals surface area contributed by atoms with E-state index < -0.39 is 11.0 Å². The maximum Gasteiger partial charge on any atom is 0.290 e. The van der Waals surface area contributed by atoms with Crippen molar-refractivity contribution in [3.63, 3.8) is 0 Å². The van der Waals surface area contributed by atoms with Crippen molar-refractivity contribution in [1.82, 2.24) is 5.48 Å². The van der Waals surface area contributed by atoms with E-state index >= 15 is 0 Å². The summed E-state index contributed by atoms with van der Waals surface area (Å²) in [7, 11) is 0. The molecule has 8 heteroatoms. The highest BCUT2D eigenvalue weighted by molar-refractivity contribution is 6.02. The zero-order valence-corrected chi connectivity index (χ0v) is 8.46. The standard InChI is InChI=1S/C8H13N5O3/c9-3-4-11-5-1-2-6(13(15)16)7(10)8(5)12-14/h1-2,8,12,14H,3-4,9-10H2. The molecule has 1 aliphatic carbocycles. The molecule has 0 aromatic rings. The predicted molar refractivity (Wildman–Crippen MR) is 57.4 cm³/mol. The number of nitrogens with two attached hydrogens (primary N) is 2. The summed E-state index contributed by atoms with van der Waals surface area (Å²) < 4.78 is 0. The Labute approximate surface area is 91.4 Å². The average molecular weight is 227 g/mol. The van der Waals surface area contributed by atoms with Crippen LogP contribution in [0.15, 0.2) is 28.5 Å². The molecule has 0 aliphatic heterocycles. The van der Waals surface area contributed by atoms with Crippen LogP contribution in [0.4, 0.5) is 0 Å². The molecule has 0 radical (unpaired) electrons. The first kappa shape index (κ1) is 12.3. The van der Waals surface area contributed by atoms with Gasteiger partial charge in [-0.1, -0.05) is 0 Å². The fourth-order valence-electron chi connectivity index (χ4n) is 1.30. The van der Waals surface area contributed by atoms with Crippen LogP contribution in [0, 0.1) is 10.1 Å². The molecule has 0 aromatic carbocycles. The third-order valence-electron chi connectivity index (χ3n) is 2.06. The van der Waals surface area contributed by atoms with Gasteiger partial charge in [-0.15, -0.1) is 0 Å². The van der Waals surface area contributed by atoms with Gasteiger partial charge in [0.25, 0.3) is 5.70 Å². The lowest BCUT2D eigenvalue weighted by Gasteiger charge is -2.18. The fraction of sp³-hybridized carbons (Fsp3) is 0.375. The largest absolute Gasteiger partial charge is 0.395 e. The van der Waals surface area contributed by atoms with E-state index in [2.05, 4.69) is 4.99 Å². The first-order chi connectivity index (χ1) is 7.61. The minimum Gasteiger partial charge on any atom is -0.395 e. The highest BCUT2D eigenvalue weighted by Crippen LogP contribution is 2.14. The van der Waals surface area contributed by atoms with Gasteiger partial charge in [-0.25, -0.2) is 0 Å². The lowest BCUT2D eigenvalue weighted by molar-refractivity contribution is -0.420. The summed E-state index contributed by atoms with van der Waals surface area (Å²) in [6.45, 7) is 0.708. The highest BCUT2D eigenvalue weighted by atomic mass is 16.6. The number of hydrogen-bond donors (Lipinski definition) is 4. The van der Waals surface area contributed by atoms with E-state index in [4.69, 9.17) is 16.7 Å². The molecular formula is C8H13N5O3. The predicted octanol–water partition coefficient (Wildman–Crippen LogP) is -1.25. The van der Waals surface area contributed by atoms with Crippen LogP contribution >= 0.6 is 0 Å². The molecular weight excluding hydrogens is 214 g/mol. The molecule has 0 aromatic heterocycles. The summed E-state index contributed by atoms with van der Waals surface area (Å²) in [5.74, 6) is 0. The lowest BCUT2D eigenvalue weighted by Crippen LogP contribution is -2.41. The van der Waals surface area contributed by atoms with Crippen molar-refractivity contribution in [2.45, 2.75) is 6.04 Å². The van der Waals surface area contributed by atoms with E-state index in [1.165, 1.54) is 12.2 Å². The van der Waals surface area contributed by atoms with Crippen LogP contribution in [-0.4, -0.2) is 35.0 Å². The van der Waals surface area contributed by atoms with Crippen molar-refractivity contribution in [3.05, 3.63) is 33.7 Å². The minimum atomic E-state index is -0.864. The Morgan fingerprint density at radius 1 is 1.62 bits per heavy atom. The number of nitrogens with one attached hydrogen (secondary N) is 1. The van der Waals surface area contributed by atoms with Crippen molar-refractivity contribution in [2.24, 2.45) is 16.5 Å². The molecule has 1 rings (SSSR count). The van der Waals surface area contributed by atoms with Gasteiger partial charge in [-0.05, 0) is 6.08 Å². The van der Waals surface area contributed by atoms with E-state index in [0.717, 1.165) is 0 Å². The lowest BCUT2D eigenvalue weighted by atomic mass is 10.0. The van der Waals surface area contributed by atoms with Crippen LogP contribution in [0.3, 0.4) is 0 Å². The van der Waals surface area contributed by atoms with E-state index in [0.29, 0.717) is 18.8 Å². The van der Waals surface area contributed by atoms with Gasteiger partial charge in [0.15, 0.2) is 0 Å². The molecule has 1 atom stereocenters. The van der Waals surface area contributed by atoms with Crippen molar-refractivity contribution in [3.8, 4) is 0 Å². The van der Waals surface area contributed by atoms with Crippen molar-refractivity contribution in [2.75, 3.05) is 13.1 Å². The number of allylic oxidation sites excluding steroid dienone is 1. The van der Waals surface area contributed by atoms with Crippen molar-refractivity contribution >= 4 is 5.71 Å². The molecule has 1 unspecified atom stereocenters. The Hall–Kier alpha value is -1.77. The summed E-state index contributed by atoms with van der Waals surface area (Å²) in [5, 5.41) is 19.5. The first-order valence-corrected chi connectivity index (χ1v) is 4.58. The van der Waals surface area contributed by atoms with Crippen LogP contribution < -0.4 is 16.9 Å². The SMILES string of the molecule is NCCN=C1C=CC([N+](=O)[O-])=C(N)C1NO. The van der Waals surface area contributed by atoms with E-state index in [9.17, 15) is 10.1 Å². The van der Waals surface area contributed by atoms with Crippen LogP contribution in [0.25, 0.3) is 0 Å². The smallest absolute Gasteiger partial charge is 0.290 e. The number of nitrogens with zero attached hydrogens (tertiary/aromatic N) is 2. The second-order valence-electron chi connectivity index (χ2n) is 3.09. The third-order valence-corrected chi connectivity index (χ3v) is 2.06. The molecule has 88 valence electrons. The molecule has 16 heavy (non-hydrogen) atoms. The van der Waals surface area contributed by atoms with Crippen LogP contribution in [0.2, 0.25) is 0 Å². The molecule has 0 heterocycles. The third kappa shape index (κ3) is 2.42. The second-order valence-corrected chi connectivity index (χ2v) is 3.09. The number of nitro groups is 1. The molecule has 0 amide bonds. The monoisotopic (exact) mass is 227 g/mol. The van der Waals surface area contributed by atoms with Gasteiger partial charge in [0.2, 0.25) is 0 Å². The highest BCUT2D eigenvalue weighted by Gasteiger charge is 2.28. The molecule has 8 nitrogen and oxygen atoms in total. The number of hydroxylamine groups is 1. The quantitative estimate of drug-likeness (QED) is 0.349. The summed E-state index contributed by atoms with van der Waals surface area (Å²) in [4.78, 5) is 14.0. The van der Waals surface area contributed by atoms with Crippen LogP contribution in [0.5, 0.6) is 0 Å². The maximum atomic E-state index is 10.6. The summed E-state index contributed by atoms with van der Waals surface area (Å²) in [5.41, 5.74) is 12.8. The summed E-state index contributed by atoms with van der Waals surface area (Å²) >= 11 is 0. The van der Waals surface area contributed by atoms with E-state index in [1.54, 1.807) is 0 Å². The number of rotatable bonds is 4. The molecule has 6 N–H and O–H groups in total. The molecule has 1 aliphatic rings. The minimum absolute atomic E-state index is 0.0780. The Bertz CT molecular complexity index is 374. The van der Waals surface area contributed by atoms with Crippen LogP contribution in [0.1, 0.15) is 0 Å². The number of hydrogen-bond acceptors (Lipinski definition) is 7. The Kier molecular flexibility index (Phi) is 4.11. The summed E-state index contributed by atoms with van der Waals surface area (Å²) in [6.07, 6.45) is 2.68. The van der Waals surface area contributed by atoms with Crippen LogP contribution in [-0.2, 0) is 0 Å². The topological polar surface area (TPSA) is 140 Å². The average Bonchev–Trinajstić information content (AvgIpc) is 2.25. The van der Waals surface area contributed by atoms with Gasteiger partial charge in [-0.3, -0.25) is 15.1 Å². The molecule has 0 saturated heterocycles. The Morgan fingerprint density at radius 2 is 2.31 bits per heavy atom. The summed E-state index contributed by atoms with van der Waals surface area (Å²) in [6, 6.07) is -0.864. The van der Waals surface area contributed by atoms with Crippen molar-refractivity contribution in [1.29, 1.82) is 0 Å². The first-order valence-electron chi connectivity index (χ1n) is 4.58. The molecule has 0 bridgehead atoms. The normalized spacial score (nSPS) is 22.9. The van der Waals surface area contributed by atoms with Crippen molar-refractivity contribution < 1.29 is 10.1 Å². The van der Waals surface area contributed by atoms with Gasteiger partial charge in [0.1, 0.15) is 11.7 Å². The second kappa shape index (κ2) is 5.35. The Morgan fingerprint density at radius 3 is 2.81 bits per heavy atom. The zero-order chi connectivity index (χ0) is 12.1. The van der Waals surface area contributed by atoms with Gasteiger partial charge in [0, 0.05) is 12.6 Å². The zero-order valence-electron chi connectivity index (χ0n) is 8.46. The maximum absolute atomic E-state index is 10.6. The molecule has 0 saturated carbocycles.